The molecule has 1 aromatic carbocycles. The number of likely N-dealkylation sites (tertiary alicyclic amines) is 1. The van der Waals surface area contributed by atoms with Crippen LogP contribution in [0.5, 0.6) is 0 Å². The summed E-state index contributed by atoms with van der Waals surface area (Å²) in [6, 6.07) is 6.26. The zero-order valence-electron chi connectivity index (χ0n) is 14.9. The maximum absolute atomic E-state index is 12.9. The van der Waals surface area contributed by atoms with E-state index >= 15 is 0 Å². The Morgan fingerprint density at radius 2 is 2.00 bits per heavy atom. The zero-order valence-corrected chi connectivity index (χ0v) is 16.5. The molecule has 3 N–H and O–H groups in total. The maximum Gasteiger partial charge on any atom is 0.253 e. The fourth-order valence-electron chi connectivity index (χ4n) is 2.95. The molecule has 2 atom stereocenters. The first kappa shape index (κ1) is 21.7. The van der Waals surface area contributed by atoms with Crippen LogP contribution in [0.15, 0.2) is 24.3 Å². The Balaban J connectivity index is 0.00000312. The predicted molar refractivity (Wildman–Crippen MR) is 103 cm³/mol. The minimum atomic E-state index is -0.575. The summed E-state index contributed by atoms with van der Waals surface area (Å²) in [5.74, 6) is -0.398. The summed E-state index contributed by atoms with van der Waals surface area (Å²) in [7, 11) is 0. The van der Waals surface area contributed by atoms with Gasteiger partial charge >= 0.3 is 0 Å². The van der Waals surface area contributed by atoms with Gasteiger partial charge in [0.1, 0.15) is 6.04 Å². The van der Waals surface area contributed by atoms with Gasteiger partial charge in [0, 0.05) is 13.1 Å². The van der Waals surface area contributed by atoms with Crippen LogP contribution in [0.2, 0.25) is 5.02 Å². The van der Waals surface area contributed by atoms with E-state index in [1.165, 1.54) is 0 Å². The number of nitrogens with one attached hydrogen (secondary N) is 1. The Labute approximate surface area is 160 Å². The van der Waals surface area contributed by atoms with Gasteiger partial charge in [-0.05, 0) is 36.4 Å². The standard InChI is InChI=1S/C18H26ClN3O2.ClH/c1-12(2)15(17(24)22-9-8-18(3,10-20)11-22)21-16(23)13-6-4-5-7-14(13)19;/h4-7,12,15H,8-11,20H2,1-3H3,(H,21,23);1H. The van der Waals surface area contributed by atoms with Crippen LogP contribution in [0.25, 0.3) is 0 Å². The Bertz CT molecular complexity index is 624. The van der Waals surface area contributed by atoms with Gasteiger partial charge in [-0.2, -0.15) is 0 Å². The number of hydrogen-bond acceptors (Lipinski definition) is 3. The quantitative estimate of drug-likeness (QED) is 0.815. The van der Waals surface area contributed by atoms with Crippen molar-refractivity contribution in [3.63, 3.8) is 0 Å². The highest BCUT2D eigenvalue weighted by molar-refractivity contribution is 6.33. The molecule has 2 amide bonds. The molecule has 1 saturated heterocycles. The number of halogens is 2. The highest BCUT2D eigenvalue weighted by atomic mass is 35.5. The highest BCUT2D eigenvalue weighted by Gasteiger charge is 2.38. The number of carbonyl (C=O) groups is 2. The smallest absolute Gasteiger partial charge is 0.253 e. The number of carbonyl (C=O) groups excluding carboxylic acids is 2. The molecular weight excluding hydrogens is 361 g/mol. The van der Waals surface area contributed by atoms with Crippen molar-refractivity contribution < 1.29 is 9.59 Å². The molecule has 0 aromatic heterocycles. The third kappa shape index (κ3) is 5.09. The molecule has 0 radical (unpaired) electrons. The van der Waals surface area contributed by atoms with Crippen molar-refractivity contribution in [3.8, 4) is 0 Å². The molecule has 1 fully saturated rings. The highest BCUT2D eigenvalue weighted by Crippen LogP contribution is 2.29. The summed E-state index contributed by atoms with van der Waals surface area (Å²) in [6.07, 6.45) is 0.887. The van der Waals surface area contributed by atoms with Gasteiger partial charge in [0.25, 0.3) is 5.91 Å². The first-order valence-corrected chi connectivity index (χ1v) is 8.69. The summed E-state index contributed by atoms with van der Waals surface area (Å²) < 4.78 is 0. The van der Waals surface area contributed by atoms with Gasteiger partial charge in [-0.25, -0.2) is 0 Å². The maximum atomic E-state index is 12.9. The van der Waals surface area contributed by atoms with Crippen LogP contribution in [0.1, 0.15) is 37.6 Å². The molecule has 1 heterocycles. The fraction of sp³-hybridized carbons (Fsp3) is 0.556. The van der Waals surface area contributed by atoms with Crippen molar-refractivity contribution in [1.82, 2.24) is 10.2 Å². The molecule has 5 nitrogen and oxygen atoms in total. The zero-order chi connectivity index (χ0) is 17.9. The normalized spacial score (nSPS) is 21.0. The van der Waals surface area contributed by atoms with E-state index < -0.39 is 6.04 Å². The van der Waals surface area contributed by atoms with Crippen molar-refractivity contribution in [2.75, 3.05) is 19.6 Å². The minimum Gasteiger partial charge on any atom is -0.340 e. The average Bonchev–Trinajstić information content (AvgIpc) is 2.95. The van der Waals surface area contributed by atoms with E-state index in [1.807, 2.05) is 18.7 Å². The van der Waals surface area contributed by atoms with Gasteiger partial charge < -0.3 is 16.0 Å². The van der Waals surface area contributed by atoms with Crippen LogP contribution >= 0.6 is 24.0 Å². The lowest BCUT2D eigenvalue weighted by molar-refractivity contribution is -0.133. The molecule has 1 aliphatic rings. The molecule has 0 aliphatic carbocycles. The molecule has 140 valence electrons. The van der Waals surface area contributed by atoms with Gasteiger partial charge in [0.15, 0.2) is 0 Å². The molecule has 0 saturated carbocycles. The molecule has 2 rings (SSSR count). The first-order chi connectivity index (χ1) is 11.3. The van der Waals surface area contributed by atoms with Gasteiger partial charge in [0.2, 0.25) is 5.91 Å². The van der Waals surface area contributed by atoms with Crippen molar-refractivity contribution in [2.24, 2.45) is 17.1 Å². The Hall–Kier alpha value is -1.30. The van der Waals surface area contributed by atoms with E-state index in [-0.39, 0.29) is 35.6 Å². The molecular formula is C18H27Cl2N3O2. The summed E-state index contributed by atoms with van der Waals surface area (Å²) in [5, 5.41) is 3.23. The third-order valence-corrected chi connectivity index (χ3v) is 5.03. The molecule has 2 unspecified atom stereocenters. The van der Waals surface area contributed by atoms with E-state index in [2.05, 4.69) is 12.2 Å². The molecule has 0 bridgehead atoms. The Morgan fingerprint density at radius 1 is 1.36 bits per heavy atom. The lowest BCUT2D eigenvalue weighted by atomic mass is 9.90. The lowest BCUT2D eigenvalue weighted by Crippen LogP contribution is -2.51. The molecule has 7 heteroatoms. The second kappa shape index (κ2) is 8.88. The summed E-state index contributed by atoms with van der Waals surface area (Å²) >= 11 is 6.07. The topological polar surface area (TPSA) is 75.4 Å². The molecule has 1 aliphatic heterocycles. The molecule has 0 spiro atoms. The molecule has 25 heavy (non-hydrogen) atoms. The van der Waals surface area contributed by atoms with Gasteiger partial charge in [-0.3, -0.25) is 9.59 Å². The number of rotatable bonds is 5. The summed E-state index contributed by atoms with van der Waals surface area (Å²) in [6.45, 7) is 7.80. The average molecular weight is 388 g/mol. The van der Waals surface area contributed by atoms with Gasteiger partial charge in [-0.1, -0.05) is 44.5 Å². The summed E-state index contributed by atoms with van der Waals surface area (Å²) in [4.78, 5) is 27.2. The lowest BCUT2D eigenvalue weighted by Gasteiger charge is -2.28. The second-order valence-electron chi connectivity index (χ2n) is 7.20. The van der Waals surface area contributed by atoms with E-state index in [1.54, 1.807) is 24.3 Å². The minimum absolute atomic E-state index is 0. The van der Waals surface area contributed by atoms with E-state index in [4.69, 9.17) is 17.3 Å². The Morgan fingerprint density at radius 3 is 2.52 bits per heavy atom. The van der Waals surface area contributed by atoms with E-state index in [0.29, 0.717) is 30.2 Å². The second-order valence-corrected chi connectivity index (χ2v) is 7.61. The SMILES string of the molecule is CC(C)C(NC(=O)c1ccccc1Cl)C(=O)N1CCC(C)(CN)C1.Cl. The molecule has 1 aromatic rings. The monoisotopic (exact) mass is 387 g/mol. The number of nitrogens with two attached hydrogens (primary N) is 1. The van der Waals surface area contributed by atoms with Crippen molar-refractivity contribution >= 4 is 35.8 Å². The first-order valence-electron chi connectivity index (χ1n) is 8.31. The van der Waals surface area contributed by atoms with E-state index in [9.17, 15) is 9.59 Å². The predicted octanol–water partition coefficient (Wildman–Crippen LogP) is 2.71. The van der Waals surface area contributed by atoms with Crippen molar-refractivity contribution in [1.29, 1.82) is 0 Å². The number of benzene rings is 1. The number of nitrogens with zero attached hydrogens (tertiary/aromatic N) is 1. The van der Waals surface area contributed by atoms with E-state index in [0.717, 1.165) is 6.42 Å². The summed E-state index contributed by atoms with van der Waals surface area (Å²) in [5.41, 5.74) is 6.16. The number of hydrogen-bond donors (Lipinski definition) is 2. The fourth-order valence-corrected chi connectivity index (χ4v) is 3.17. The third-order valence-electron chi connectivity index (χ3n) is 4.70. The van der Waals surface area contributed by atoms with Crippen LogP contribution in [0.4, 0.5) is 0 Å². The van der Waals surface area contributed by atoms with Crippen LogP contribution in [0.3, 0.4) is 0 Å². The van der Waals surface area contributed by atoms with Gasteiger partial charge in [0.05, 0.1) is 10.6 Å². The van der Waals surface area contributed by atoms with Crippen LogP contribution < -0.4 is 11.1 Å². The van der Waals surface area contributed by atoms with Crippen LogP contribution in [-0.2, 0) is 4.79 Å². The van der Waals surface area contributed by atoms with Crippen molar-refractivity contribution in [3.05, 3.63) is 34.9 Å². The van der Waals surface area contributed by atoms with Gasteiger partial charge in [-0.15, -0.1) is 12.4 Å². The Kier molecular flexibility index (Phi) is 7.72. The number of amides is 2. The van der Waals surface area contributed by atoms with Crippen molar-refractivity contribution in [2.45, 2.75) is 33.2 Å². The van der Waals surface area contributed by atoms with Crippen LogP contribution in [0, 0.1) is 11.3 Å². The van der Waals surface area contributed by atoms with Crippen LogP contribution in [-0.4, -0.2) is 42.4 Å². The largest absolute Gasteiger partial charge is 0.340 e.